The van der Waals surface area contributed by atoms with E-state index < -0.39 is 11.4 Å². The van der Waals surface area contributed by atoms with E-state index in [0.29, 0.717) is 13.0 Å². The standard InChI is InChI=1S/C13H14BrNO3S/c1-13(12(17)18)6-7-15(8-13)11(16)5-3-9-2-4-10(14)19-9/h2-5H,6-8H2,1H3,(H,17,18)/b5-3+/t13-/m1/s1. The van der Waals surface area contributed by atoms with E-state index >= 15 is 0 Å². The molecule has 19 heavy (non-hydrogen) atoms. The average molecular weight is 344 g/mol. The Bertz CT molecular complexity index is 540. The van der Waals surface area contributed by atoms with Crippen molar-refractivity contribution in [2.75, 3.05) is 13.1 Å². The number of carbonyl (C=O) groups excluding carboxylic acids is 1. The number of carbonyl (C=O) groups is 2. The summed E-state index contributed by atoms with van der Waals surface area (Å²) in [6.07, 6.45) is 3.77. The van der Waals surface area contributed by atoms with E-state index in [1.54, 1.807) is 29.2 Å². The maximum absolute atomic E-state index is 12.0. The molecule has 2 heterocycles. The summed E-state index contributed by atoms with van der Waals surface area (Å²) in [6, 6.07) is 3.84. The molecular formula is C13H14BrNO3S. The molecule has 0 saturated carbocycles. The molecule has 1 amide bonds. The summed E-state index contributed by atoms with van der Waals surface area (Å²) in [5.41, 5.74) is -0.810. The van der Waals surface area contributed by atoms with E-state index in [4.69, 9.17) is 5.11 Å². The highest BCUT2D eigenvalue weighted by Gasteiger charge is 2.41. The number of amides is 1. The zero-order valence-electron chi connectivity index (χ0n) is 10.4. The molecule has 0 aromatic carbocycles. The molecule has 1 aromatic heterocycles. The quantitative estimate of drug-likeness (QED) is 0.858. The molecule has 0 unspecified atom stereocenters. The highest BCUT2D eigenvalue weighted by Crippen LogP contribution is 2.30. The Kier molecular flexibility index (Phi) is 4.10. The number of thiophene rings is 1. The van der Waals surface area contributed by atoms with Gasteiger partial charge in [-0.1, -0.05) is 0 Å². The normalized spacial score (nSPS) is 23.2. The van der Waals surface area contributed by atoms with Crippen LogP contribution < -0.4 is 0 Å². The molecule has 1 aliphatic rings. The van der Waals surface area contributed by atoms with Crippen LogP contribution in [0.2, 0.25) is 0 Å². The minimum atomic E-state index is -0.839. The molecule has 1 aliphatic heterocycles. The topological polar surface area (TPSA) is 57.6 Å². The van der Waals surface area contributed by atoms with Gasteiger partial charge in [0.1, 0.15) is 0 Å². The van der Waals surface area contributed by atoms with Crippen molar-refractivity contribution >= 4 is 45.2 Å². The fraction of sp³-hybridized carbons (Fsp3) is 0.385. The van der Waals surface area contributed by atoms with Crippen LogP contribution in [0.4, 0.5) is 0 Å². The largest absolute Gasteiger partial charge is 0.481 e. The van der Waals surface area contributed by atoms with Crippen molar-refractivity contribution in [3.05, 3.63) is 26.9 Å². The Hall–Kier alpha value is -1.14. The number of carboxylic acid groups (broad SMARTS) is 1. The van der Waals surface area contributed by atoms with Gasteiger partial charge in [-0.25, -0.2) is 0 Å². The summed E-state index contributed by atoms with van der Waals surface area (Å²) in [6.45, 7) is 2.46. The number of aliphatic carboxylic acids is 1. The van der Waals surface area contributed by atoms with E-state index in [1.165, 1.54) is 6.08 Å². The molecule has 0 spiro atoms. The van der Waals surface area contributed by atoms with Gasteiger partial charge in [0, 0.05) is 24.0 Å². The fourth-order valence-electron chi connectivity index (χ4n) is 2.00. The van der Waals surface area contributed by atoms with E-state index in [9.17, 15) is 9.59 Å². The summed E-state index contributed by atoms with van der Waals surface area (Å²) in [5.74, 6) is -0.969. The molecule has 4 nitrogen and oxygen atoms in total. The van der Waals surface area contributed by atoms with Crippen molar-refractivity contribution in [2.45, 2.75) is 13.3 Å². The Balaban J connectivity index is 1.99. The van der Waals surface area contributed by atoms with Gasteiger partial charge in [-0.05, 0) is 47.5 Å². The lowest BCUT2D eigenvalue weighted by atomic mass is 9.90. The maximum Gasteiger partial charge on any atom is 0.311 e. The van der Waals surface area contributed by atoms with Gasteiger partial charge in [-0.2, -0.15) is 0 Å². The van der Waals surface area contributed by atoms with Crippen molar-refractivity contribution in [3.63, 3.8) is 0 Å². The van der Waals surface area contributed by atoms with Gasteiger partial charge >= 0.3 is 5.97 Å². The summed E-state index contributed by atoms with van der Waals surface area (Å²) in [5, 5.41) is 9.12. The van der Waals surface area contributed by atoms with Crippen molar-refractivity contribution in [1.82, 2.24) is 4.90 Å². The molecular weight excluding hydrogens is 330 g/mol. The van der Waals surface area contributed by atoms with Crippen LogP contribution in [0.5, 0.6) is 0 Å². The molecule has 1 N–H and O–H groups in total. The molecule has 1 saturated heterocycles. The minimum Gasteiger partial charge on any atom is -0.481 e. The lowest BCUT2D eigenvalue weighted by molar-refractivity contribution is -0.147. The highest BCUT2D eigenvalue weighted by molar-refractivity contribution is 9.11. The van der Waals surface area contributed by atoms with Gasteiger partial charge in [0.25, 0.3) is 0 Å². The molecule has 0 bridgehead atoms. The number of rotatable bonds is 3. The number of hydrogen-bond donors (Lipinski definition) is 1. The third kappa shape index (κ3) is 3.25. The average Bonchev–Trinajstić information content (AvgIpc) is 2.94. The number of carboxylic acids is 1. The Morgan fingerprint density at radius 2 is 2.26 bits per heavy atom. The van der Waals surface area contributed by atoms with Crippen LogP contribution in [-0.4, -0.2) is 35.0 Å². The zero-order chi connectivity index (χ0) is 14.0. The smallest absolute Gasteiger partial charge is 0.311 e. The minimum absolute atomic E-state index is 0.130. The first-order chi connectivity index (χ1) is 8.90. The van der Waals surface area contributed by atoms with Crippen molar-refractivity contribution in [1.29, 1.82) is 0 Å². The highest BCUT2D eigenvalue weighted by atomic mass is 79.9. The van der Waals surface area contributed by atoms with Gasteiger partial charge in [0.15, 0.2) is 0 Å². The van der Waals surface area contributed by atoms with Crippen LogP contribution in [0.25, 0.3) is 6.08 Å². The first-order valence-electron chi connectivity index (χ1n) is 5.86. The van der Waals surface area contributed by atoms with Gasteiger partial charge in [0.2, 0.25) is 5.91 Å². The molecule has 1 fully saturated rings. The summed E-state index contributed by atoms with van der Waals surface area (Å²) in [7, 11) is 0. The lowest BCUT2D eigenvalue weighted by Gasteiger charge is -2.18. The second-order valence-corrected chi connectivity index (χ2v) is 7.35. The molecule has 6 heteroatoms. The summed E-state index contributed by atoms with van der Waals surface area (Å²) in [4.78, 5) is 25.7. The monoisotopic (exact) mass is 343 g/mol. The van der Waals surface area contributed by atoms with Gasteiger partial charge in [0.05, 0.1) is 9.20 Å². The van der Waals surface area contributed by atoms with Crippen LogP contribution in [0.15, 0.2) is 22.0 Å². The van der Waals surface area contributed by atoms with E-state index in [1.807, 2.05) is 12.1 Å². The van der Waals surface area contributed by atoms with Crippen LogP contribution in [0.3, 0.4) is 0 Å². The second-order valence-electron chi connectivity index (χ2n) is 4.85. The first-order valence-corrected chi connectivity index (χ1v) is 7.47. The molecule has 102 valence electrons. The second kappa shape index (κ2) is 5.46. The Labute approximate surface area is 123 Å². The van der Waals surface area contributed by atoms with Crippen LogP contribution >= 0.6 is 27.3 Å². The third-order valence-corrected chi connectivity index (χ3v) is 4.87. The number of likely N-dealkylation sites (tertiary alicyclic amines) is 1. The summed E-state index contributed by atoms with van der Waals surface area (Å²) < 4.78 is 1.01. The van der Waals surface area contributed by atoms with Gasteiger partial charge in [-0.3, -0.25) is 9.59 Å². The predicted octanol–water partition coefficient (Wildman–Crippen LogP) is 2.85. The first kappa shape index (κ1) is 14.3. The van der Waals surface area contributed by atoms with Crippen molar-refractivity contribution in [3.8, 4) is 0 Å². The molecule has 2 rings (SSSR count). The molecule has 1 atom stereocenters. The molecule has 0 aliphatic carbocycles. The van der Waals surface area contributed by atoms with Crippen LogP contribution in [0, 0.1) is 5.41 Å². The van der Waals surface area contributed by atoms with Gasteiger partial charge in [-0.15, -0.1) is 11.3 Å². The molecule has 1 aromatic rings. The fourth-order valence-corrected chi connectivity index (χ4v) is 3.33. The third-order valence-electron chi connectivity index (χ3n) is 3.29. The maximum atomic E-state index is 12.0. The number of hydrogen-bond acceptors (Lipinski definition) is 3. The Morgan fingerprint density at radius 3 is 2.79 bits per heavy atom. The molecule has 0 radical (unpaired) electrons. The predicted molar refractivity (Wildman–Crippen MR) is 78.0 cm³/mol. The zero-order valence-corrected chi connectivity index (χ0v) is 12.8. The summed E-state index contributed by atoms with van der Waals surface area (Å²) >= 11 is 4.90. The lowest BCUT2D eigenvalue weighted by Crippen LogP contribution is -2.34. The van der Waals surface area contributed by atoms with Crippen molar-refractivity contribution in [2.24, 2.45) is 5.41 Å². The van der Waals surface area contributed by atoms with E-state index in [0.717, 1.165) is 8.66 Å². The number of halogens is 1. The SMILES string of the molecule is C[C@@]1(C(=O)O)CCN(C(=O)/C=C/c2ccc(Br)s2)C1. The van der Waals surface area contributed by atoms with Crippen LogP contribution in [-0.2, 0) is 9.59 Å². The Morgan fingerprint density at radius 1 is 1.53 bits per heavy atom. The number of nitrogens with zero attached hydrogens (tertiary/aromatic N) is 1. The van der Waals surface area contributed by atoms with Crippen molar-refractivity contribution < 1.29 is 14.7 Å². The van der Waals surface area contributed by atoms with Gasteiger partial charge < -0.3 is 10.0 Å². The van der Waals surface area contributed by atoms with Crippen LogP contribution in [0.1, 0.15) is 18.2 Å². The van der Waals surface area contributed by atoms with E-state index in [2.05, 4.69) is 15.9 Å². The van der Waals surface area contributed by atoms with E-state index in [-0.39, 0.29) is 12.5 Å².